The van der Waals surface area contributed by atoms with E-state index in [0.717, 1.165) is 36.7 Å². The van der Waals surface area contributed by atoms with E-state index in [1.807, 2.05) is 37.0 Å². The van der Waals surface area contributed by atoms with Crippen LogP contribution in [0.4, 0.5) is 5.82 Å². The minimum Gasteiger partial charge on any atom is -0.373 e. The maximum absolute atomic E-state index is 5.90. The van der Waals surface area contributed by atoms with E-state index in [4.69, 9.17) is 4.74 Å². The fourth-order valence-electron chi connectivity index (χ4n) is 2.95. The molecule has 23 heavy (non-hydrogen) atoms. The molecular weight excluding hydrogens is 294 g/mol. The Morgan fingerprint density at radius 1 is 1.30 bits per heavy atom. The number of ether oxygens (including phenoxy) is 1. The molecule has 0 amide bonds. The third-order valence-electron chi connectivity index (χ3n) is 3.98. The monoisotopic (exact) mass is 313 g/mol. The molecule has 1 atom stereocenters. The summed E-state index contributed by atoms with van der Waals surface area (Å²) >= 11 is 0. The first-order chi connectivity index (χ1) is 11.2. The van der Waals surface area contributed by atoms with Crippen molar-refractivity contribution in [2.75, 3.05) is 24.6 Å². The van der Waals surface area contributed by atoms with Gasteiger partial charge >= 0.3 is 0 Å². The van der Waals surface area contributed by atoms with Crippen molar-refractivity contribution < 1.29 is 4.74 Å². The third-order valence-corrected chi connectivity index (χ3v) is 3.98. The van der Waals surface area contributed by atoms with Crippen LogP contribution in [0.2, 0.25) is 0 Å². The quantitative estimate of drug-likeness (QED) is 0.713. The Hall–Kier alpha value is -2.48. The maximum atomic E-state index is 5.90. The van der Waals surface area contributed by atoms with Gasteiger partial charge in [-0.15, -0.1) is 0 Å². The lowest BCUT2D eigenvalue weighted by Gasteiger charge is -2.34. The van der Waals surface area contributed by atoms with E-state index in [-0.39, 0.29) is 6.10 Å². The molecule has 8 heteroatoms. The third kappa shape index (κ3) is 2.77. The van der Waals surface area contributed by atoms with Crippen molar-refractivity contribution in [2.45, 2.75) is 26.5 Å². The summed E-state index contributed by atoms with van der Waals surface area (Å²) in [6.07, 6.45) is 5.53. The Morgan fingerprint density at radius 3 is 3.04 bits per heavy atom. The zero-order chi connectivity index (χ0) is 15.8. The second-order valence-corrected chi connectivity index (χ2v) is 5.91. The van der Waals surface area contributed by atoms with Gasteiger partial charge in [0, 0.05) is 31.0 Å². The average Bonchev–Trinajstić information content (AvgIpc) is 3.15. The van der Waals surface area contributed by atoms with Gasteiger partial charge in [-0.1, -0.05) is 0 Å². The number of morpholine rings is 1. The molecule has 0 aliphatic carbocycles. The molecule has 3 aromatic heterocycles. The molecule has 4 heterocycles. The minimum atomic E-state index is 0.0927. The van der Waals surface area contributed by atoms with Crippen LogP contribution < -0.4 is 4.90 Å². The second-order valence-electron chi connectivity index (χ2n) is 5.91. The summed E-state index contributed by atoms with van der Waals surface area (Å²) in [7, 11) is 0. The van der Waals surface area contributed by atoms with E-state index in [1.165, 1.54) is 6.33 Å². The topological polar surface area (TPSA) is 73.4 Å². The molecule has 0 bridgehead atoms. The normalized spacial score (nSPS) is 18.7. The van der Waals surface area contributed by atoms with Gasteiger partial charge in [0.25, 0.3) is 5.78 Å². The number of hydrogen-bond acceptors (Lipinski definition) is 6. The van der Waals surface area contributed by atoms with E-state index in [2.05, 4.69) is 25.1 Å². The van der Waals surface area contributed by atoms with E-state index in [9.17, 15) is 0 Å². The smallest absolute Gasteiger partial charge is 0.254 e. The highest BCUT2D eigenvalue weighted by atomic mass is 16.5. The van der Waals surface area contributed by atoms with Crippen molar-refractivity contribution in [3.8, 4) is 0 Å². The zero-order valence-electron chi connectivity index (χ0n) is 13.3. The van der Waals surface area contributed by atoms with Crippen molar-refractivity contribution in [3.63, 3.8) is 0 Å². The summed E-state index contributed by atoms with van der Waals surface area (Å²) in [6.45, 7) is 7.06. The number of nitrogens with zero attached hydrogens (tertiary/aromatic N) is 7. The van der Waals surface area contributed by atoms with Crippen molar-refractivity contribution in [2.24, 2.45) is 0 Å². The van der Waals surface area contributed by atoms with Gasteiger partial charge in [0.05, 0.1) is 25.5 Å². The van der Waals surface area contributed by atoms with Crippen LogP contribution in [0, 0.1) is 13.8 Å². The highest BCUT2D eigenvalue weighted by molar-refractivity contribution is 5.47. The highest BCUT2D eigenvalue weighted by Gasteiger charge is 2.23. The van der Waals surface area contributed by atoms with Crippen molar-refractivity contribution in [1.29, 1.82) is 0 Å². The van der Waals surface area contributed by atoms with E-state index in [1.54, 1.807) is 4.52 Å². The Morgan fingerprint density at radius 2 is 2.22 bits per heavy atom. The number of hydrogen-bond donors (Lipinski definition) is 0. The molecule has 1 aliphatic rings. The van der Waals surface area contributed by atoms with E-state index in [0.29, 0.717) is 12.4 Å². The standard InChI is InChI=1S/C15H19N7O/c1-11-6-17-21(7-11)9-13-8-20(3-4-23-13)14-5-12(2)19-15-16-10-18-22(14)15/h5-7,10,13H,3-4,8-9H2,1-2H3/t13-/m0/s1. The molecule has 1 fully saturated rings. The Labute approximate surface area is 133 Å². The molecular formula is C15H19N7O. The lowest BCUT2D eigenvalue weighted by molar-refractivity contribution is 0.0270. The Balaban J connectivity index is 1.57. The van der Waals surface area contributed by atoms with Gasteiger partial charge in [0.1, 0.15) is 12.1 Å². The fourth-order valence-corrected chi connectivity index (χ4v) is 2.95. The molecule has 4 rings (SSSR count). The van der Waals surface area contributed by atoms with Crippen LogP contribution in [0.1, 0.15) is 11.3 Å². The largest absolute Gasteiger partial charge is 0.373 e. The summed E-state index contributed by atoms with van der Waals surface area (Å²) in [6, 6.07) is 2.04. The molecule has 0 aromatic carbocycles. The first-order valence-electron chi connectivity index (χ1n) is 7.72. The highest BCUT2D eigenvalue weighted by Crippen LogP contribution is 2.19. The van der Waals surface area contributed by atoms with Crippen LogP contribution in [-0.4, -0.2) is 55.2 Å². The second kappa shape index (κ2) is 5.62. The molecule has 120 valence electrons. The predicted octanol–water partition coefficient (Wildman–Crippen LogP) is 0.843. The van der Waals surface area contributed by atoms with Crippen LogP contribution in [0.5, 0.6) is 0 Å². The van der Waals surface area contributed by atoms with Gasteiger partial charge in [0.2, 0.25) is 0 Å². The van der Waals surface area contributed by atoms with Crippen LogP contribution in [0.25, 0.3) is 5.78 Å². The molecule has 1 aliphatic heterocycles. The van der Waals surface area contributed by atoms with Gasteiger partial charge < -0.3 is 9.64 Å². The van der Waals surface area contributed by atoms with Crippen molar-refractivity contribution in [3.05, 3.63) is 36.0 Å². The summed E-state index contributed by atoms with van der Waals surface area (Å²) in [5, 5.41) is 8.63. The van der Waals surface area contributed by atoms with Gasteiger partial charge in [-0.05, 0) is 19.4 Å². The molecule has 8 nitrogen and oxygen atoms in total. The molecule has 0 radical (unpaired) electrons. The summed E-state index contributed by atoms with van der Waals surface area (Å²) in [5.74, 6) is 1.64. The summed E-state index contributed by atoms with van der Waals surface area (Å²) < 4.78 is 9.63. The van der Waals surface area contributed by atoms with Gasteiger partial charge in [-0.3, -0.25) is 4.68 Å². The van der Waals surface area contributed by atoms with E-state index < -0.39 is 0 Å². The Kier molecular flexibility index (Phi) is 3.45. The molecule has 0 saturated carbocycles. The molecule has 0 spiro atoms. The number of fused-ring (bicyclic) bond motifs is 1. The molecule has 0 N–H and O–H groups in total. The average molecular weight is 313 g/mol. The summed E-state index contributed by atoms with van der Waals surface area (Å²) in [4.78, 5) is 10.9. The maximum Gasteiger partial charge on any atom is 0.254 e. The zero-order valence-corrected chi connectivity index (χ0v) is 13.3. The minimum absolute atomic E-state index is 0.0927. The van der Waals surface area contributed by atoms with E-state index >= 15 is 0 Å². The Bertz CT molecular complexity index is 824. The lowest BCUT2D eigenvalue weighted by atomic mass is 10.2. The first-order valence-corrected chi connectivity index (χ1v) is 7.72. The van der Waals surface area contributed by atoms with Crippen LogP contribution >= 0.6 is 0 Å². The van der Waals surface area contributed by atoms with Crippen LogP contribution in [-0.2, 0) is 11.3 Å². The van der Waals surface area contributed by atoms with Crippen LogP contribution in [0.15, 0.2) is 24.8 Å². The lowest BCUT2D eigenvalue weighted by Crippen LogP contribution is -2.45. The fraction of sp³-hybridized carbons (Fsp3) is 0.467. The van der Waals surface area contributed by atoms with Crippen molar-refractivity contribution >= 4 is 11.6 Å². The summed E-state index contributed by atoms with van der Waals surface area (Å²) in [5.41, 5.74) is 2.10. The van der Waals surface area contributed by atoms with Gasteiger partial charge in [-0.25, -0.2) is 4.98 Å². The van der Waals surface area contributed by atoms with Crippen LogP contribution in [0.3, 0.4) is 0 Å². The number of rotatable bonds is 3. The van der Waals surface area contributed by atoms with Gasteiger partial charge in [-0.2, -0.15) is 19.7 Å². The van der Waals surface area contributed by atoms with Crippen molar-refractivity contribution in [1.82, 2.24) is 29.4 Å². The SMILES string of the molecule is Cc1cnn(C[C@@H]2CN(c3cc(C)nc4ncnn34)CCO2)c1. The number of aromatic nitrogens is 6. The molecule has 1 saturated heterocycles. The number of aryl methyl sites for hydroxylation is 2. The molecule has 0 unspecified atom stereocenters. The predicted molar refractivity (Wildman–Crippen MR) is 84.4 cm³/mol. The first kappa shape index (κ1) is 14.1. The van der Waals surface area contributed by atoms with Gasteiger partial charge in [0.15, 0.2) is 0 Å². The number of anilines is 1. The molecule has 3 aromatic rings.